The van der Waals surface area contributed by atoms with E-state index >= 15 is 0 Å². The van der Waals surface area contributed by atoms with E-state index in [0.717, 1.165) is 27.2 Å². The van der Waals surface area contributed by atoms with Crippen molar-refractivity contribution in [2.45, 2.75) is 6.92 Å². The van der Waals surface area contributed by atoms with Crippen LogP contribution in [0, 0.1) is 6.92 Å². The number of carbonyl (C=O) groups is 1. The van der Waals surface area contributed by atoms with E-state index in [4.69, 9.17) is 0 Å². The van der Waals surface area contributed by atoms with Crippen LogP contribution in [0.4, 0.5) is 11.6 Å². The van der Waals surface area contributed by atoms with E-state index in [9.17, 15) is 13.2 Å². The van der Waals surface area contributed by atoms with Crippen LogP contribution in [0.3, 0.4) is 0 Å². The van der Waals surface area contributed by atoms with Crippen LogP contribution in [-0.2, 0) is 14.8 Å². The highest BCUT2D eigenvalue weighted by Gasteiger charge is 2.22. The Hall–Kier alpha value is -2.87. The molecule has 130 valence electrons. The molecular formula is C17H18N4O3S. The summed E-state index contributed by atoms with van der Waals surface area (Å²) in [7, 11) is -3.61. The molecule has 0 unspecified atom stereocenters. The number of benzene rings is 2. The molecule has 0 spiro atoms. The molecule has 0 saturated carbocycles. The first kappa shape index (κ1) is 17.0. The van der Waals surface area contributed by atoms with Crippen LogP contribution >= 0.6 is 0 Å². The van der Waals surface area contributed by atoms with Gasteiger partial charge in [-0.05, 0) is 30.7 Å². The third-order valence-corrected chi connectivity index (χ3v) is 4.85. The molecule has 2 N–H and O–H groups in total. The summed E-state index contributed by atoms with van der Waals surface area (Å²) < 4.78 is 25.4. The molecule has 7 nitrogen and oxygen atoms in total. The van der Waals surface area contributed by atoms with Crippen molar-refractivity contribution >= 4 is 38.6 Å². The van der Waals surface area contributed by atoms with Gasteiger partial charge in [0.25, 0.3) is 0 Å². The fourth-order valence-corrected chi connectivity index (χ4v) is 3.45. The van der Waals surface area contributed by atoms with Gasteiger partial charge in [0.15, 0.2) is 0 Å². The highest BCUT2D eigenvalue weighted by molar-refractivity contribution is 7.92. The van der Waals surface area contributed by atoms with Gasteiger partial charge in [0, 0.05) is 0 Å². The Bertz CT molecular complexity index is 994. The van der Waals surface area contributed by atoms with Crippen LogP contribution in [0.15, 0.2) is 48.5 Å². The number of para-hydroxylation sites is 3. The number of aromatic nitrogens is 2. The Morgan fingerprint density at radius 2 is 1.84 bits per heavy atom. The number of nitrogens with zero attached hydrogens (tertiary/aromatic N) is 2. The van der Waals surface area contributed by atoms with Crippen molar-refractivity contribution in [1.82, 2.24) is 9.97 Å². The molecule has 0 fully saturated rings. The van der Waals surface area contributed by atoms with E-state index in [1.54, 1.807) is 25.1 Å². The van der Waals surface area contributed by atoms with Crippen LogP contribution in [-0.4, -0.2) is 37.1 Å². The minimum Gasteiger partial charge on any atom is -0.324 e. The molecule has 2 aromatic carbocycles. The van der Waals surface area contributed by atoms with Gasteiger partial charge in [-0.15, -0.1) is 0 Å². The van der Waals surface area contributed by atoms with Crippen molar-refractivity contribution in [3.63, 3.8) is 0 Å². The van der Waals surface area contributed by atoms with Crippen molar-refractivity contribution in [2.24, 2.45) is 0 Å². The standard InChI is InChI=1S/C17H18N4O3S/c1-12-7-3-6-10-15(12)21(25(2,23)24)11-16(22)20-17-18-13-8-4-5-9-14(13)19-17/h3-10H,11H2,1-2H3,(H2,18,19,20,22). The maximum absolute atomic E-state index is 12.4. The Morgan fingerprint density at radius 1 is 1.16 bits per heavy atom. The van der Waals surface area contributed by atoms with E-state index in [1.165, 1.54) is 0 Å². The maximum Gasteiger partial charge on any atom is 0.247 e. The molecule has 1 amide bonds. The summed E-state index contributed by atoms with van der Waals surface area (Å²) in [6, 6.07) is 14.4. The second kappa shape index (κ2) is 6.56. The Labute approximate surface area is 145 Å². The van der Waals surface area contributed by atoms with Crippen molar-refractivity contribution in [3.8, 4) is 0 Å². The zero-order valence-corrected chi connectivity index (χ0v) is 14.7. The molecule has 8 heteroatoms. The fraction of sp³-hybridized carbons (Fsp3) is 0.176. The summed E-state index contributed by atoms with van der Waals surface area (Å²) >= 11 is 0. The maximum atomic E-state index is 12.4. The average Bonchev–Trinajstić information content (AvgIpc) is 2.94. The lowest BCUT2D eigenvalue weighted by Crippen LogP contribution is -2.38. The molecule has 0 bridgehead atoms. The topological polar surface area (TPSA) is 95.2 Å². The lowest BCUT2D eigenvalue weighted by Gasteiger charge is -2.23. The van der Waals surface area contributed by atoms with Crippen molar-refractivity contribution < 1.29 is 13.2 Å². The van der Waals surface area contributed by atoms with Crippen LogP contribution in [0.2, 0.25) is 0 Å². The molecule has 3 aromatic rings. The molecule has 1 heterocycles. The molecule has 3 rings (SSSR count). The van der Waals surface area contributed by atoms with E-state index in [1.807, 2.05) is 30.3 Å². The number of aryl methyl sites for hydroxylation is 1. The number of amides is 1. The summed E-state index contributed by atoms with van der Waals surface area (Å²) in [4.78, 5) is 19.6. The summed E-state index contributed by atoms with van der Waals surface area (Å²) in [5, 5.41) is 2.61. The van der Waals surface area contributed by atoms with Crippen LogP contribution in [0.5, 0.6) is 0 Å². The Morgan fingerprint density at radius 3 is 2.52 bits per heavy atom. The summed E-state index contributed by atoms with van der Waals surface area (Å²) in [5.74, 6) is -0.197. The monoisotopic (exact) mass is 358 g/mol. The fourth-order valence-electron chi connectivity index (χ4n) is 2.54. The molecule has 0 aliphatic heterocycles. The number of nitrogens with one attached hydrogen (secondary N) is 2. The number of fused-ring (bicyclic) bond motifs is 1. The molecule has 0 saturated heterocycles. The third-order valence-electron chi connectivity index (χ3n) is 3.72. The lowest BCUT2D eigenvalue weighted by molar-refractivity contribution is -0.114. The number of aromatic amines is 1. The first-order valence-corrected chi connectivity index (χ1v) is 9.47. The van der Waals surface area contributed by atoms with E-state index in [0.29, 0.717) is 5.69 Å². The van der Waals surface area contributed by atoms with Gasteiger partial charge >= 0.3 is 0 Å². The van der Waals surface area contributed by atoms with E-state index in [2.05, 4.69) is 15.3 Å². The summed E-state index contributed by atoms with van der Waals surface area (Å²) in [6.45, 7) is 1.46. The molecule has 0 aliphatic carbocycles. The second-order valence-corrected chi connectivity index (χ2v) is 7.61. The van der Waals surface area contributed by atoms with Gasteiger partial charge in [-0.3, -0.25) is 14.4 Å². The first-order valence-electron chi connectivity index (χ1n) is 7.62. The van der Waals surface area contributed by atoms with Crippen LogP contribution in [0.1, 0.15) is 5.56 Å². The van der Waals surface area contributed by atoms with Crippen LogP contribution in [0.25, 0.3) is 11.0 Å². The summed E-state index contributed by atoms with van der Waals surface area (Å²) in [6.07, 6.45) is 1.08. The van der Waals surface area contributed by atoms with Crippen LogP contribution < -0.4 is 9.62 Å². The number of rotatable bonds is 5. The lowest BCUT2D eigenvalue weighted by atomic mass is 10.2. The third kappa shape index (κ3) is 3.80. The normalized spacial score (nSPS) is 11.4. The van der Waals surface area contributed by atoms with Crippen molar-refractivity contribution in [3.05, 3.63) is 54.1 Å². The highest BCUT2D eigenvalue weighted by atomic mass is 32.2. The first-order chi connectivity index (χ1) is 11.8. The van der Waals surface area contributed by atoms with Gasteiger partial charge in [-0.25, -0.2) is 13.4 Å². The summed E-state index contributed by atoms with van der Waals surface area (Å²) in [5.41, 5.74) is 2.75. The van der Waals surface area contributed by atoms with E-state index in [-0.39, 0.29) is 12.5 Å². The molecule has 0 aliphatic rings. The number of H-pyrrole nitrogens is 1. The van der Waals surface area contributed by atoms with Crippen molar-refractivity contribution in [2.75, 3.05) is 22.4 Å². The zero-order chi connectivity index (χ0) is 18.0. The molecule has 1 aromatic heterocycles. The molecule has 0 atom stereocenters. The van der Waals surface area contributed by atoms with Gasteiger partial charge in [0.2, 0.25) is 21.9 Å². The number of sulfonamides is 1. The Kier molecular flexibility index (Phi) is 4.45. The molecule has 25 heavy (non-hydrogen) atoms. The average molecular weight is 358 g/mol. The number of carbonyl (C=O) groups excluding carboxylic acids is 1. The van der Waals surface area contributed by atoms with Crippen molar-refractivity contribution in [1.29, 1.82) is 0 Å². The van der Waals surface area contributed by atoms with Gasteiger partial charge in [-0.2, -0.15) is 0 Å². The minimum absolute atomic E-state index is 0.282. The van der Waals surface area contributed by atoms with Gasteiger partial charge in [0.05, 0.1) is 23.0 Å². The zero-order valence-electron chi connectivity index (χ0n) is 13.9. The number of imidazole rings is 1. The SMILES string of the molecule is Cc1ccccc1N(CC(=O)Nc1nc2ccccc2[nH]1)S(C)(=O)=O. The second-order valence-electron chi connectivity index (χ2n) is 5.71. The number of anilines is 2. The van der Waals surface area contributed by atoms with Gasteiger partial charge < -0.3 is 4.98 Å². The Balaban J connectivity index is 1.82. The predicted octanol–water partition coefficient (Wildman–Crippen LogP) is 2.28. The smallest absolute Gasteiger partial charge is 0.247 e. The quantitative estimate of drug-likeness (QED) is 0.731. The van der Waals surface area contributed by atoms with Gasteiger partial charge in [0.1, 0.15) is 6.54 Å². The molecule has 0 radical (unpaired) electrons. The number of hydrogen-bond donors (Lipinski definition) is 2. The van der Waals surface area contributed by atoms with E-state index < -0.39 is 15.9 Å². The predicted molar refractivity (Wildman–Crippen MR) is 98.1 cm³/mol. The molecular weight excluding hydrogens is 340 g/mol. The largest absolute Gasteiger partial charge is 0.324 e. The minimum atomic E-state index is -3.61. The van der Waals surface area contributed by atoms with Gasteiger partial charge in [-0.1, -0.05) is 30.3 Å². The number of hydrogen-bond acceptors (Lipinski definition) is 4. The highest BCUT2D eigenvalue weighted by Crippen LogP contribution is 2.22.